The maximum absolute atomic E-state index is 14.4. The van der Waals surface area contributed by atoms with Crippen LogP contribution in [0.5, 0.6) is 5.75 Å². The smallest absolute Gasteiger partial charge is 0.401 e. The van der Waals surface area contributed by atoms with Crippen LogP contribution in [0.3, 0.4) is 0 Å². The summed E-state index contributed by atoms with van der Waals surface area (Å²) >= 11 is 2.84. The topological polar surface area (TPSA) is 27.7 Å². The van der Waals surface area contributed by atoms with E-state index in [1.54, 1.807) is 27.7 Å². The van der Waals surface area contributed by atoms with E-state index in [9.17, 15) is 17.6 Å². The zero-order chi connectivity index (χ0) is 16.9. The number of rotatable bonds is 2. The van der Waals surface area contributed by atoms with E-state index in [1.807, 2.05) is 0 Å². The van der Waals surface area contributed by atoms with Crippen molar-refractivity contribution in [2.45, 2.75) is 45.3 Å². The molecule has 0 radical (unpaired) electrons. The minimum absolute atomic E-state index is 0.150. The molecule has 0 saturated carbocycles. The van der Waals surface area contributed by atoms with Gasteiger partial charge in [-0.3, -0.25) is 0 Å². The van der Waals surface area contributed by atoms with Crippen LogP contribution in [0.2, 0.25) is 0 Å². The highest BCUT2D eigenvalue weighted by Gasteiger charge is 2.53. The number of benzene rings is 1. The van der Waals surface area contributed by atoms with Gasteiger partial charge in [-0.15, -0.1) is 13.2 Å². The van der Waals surface area contributed by atoms with E-state index in [2.05, 4.69) is 20.7 Å². The molecule has 0 spiro atoms. The Morgan fingerprint density at radius 2 is 1.59 bits per heavy atom. The third-order valence-corrected chi connectivity index (χ3v) is 4.43. The Bertz CT molecular complexity index is 573. The Kier molecular flexibility index (Phi) is 4.30. The van der Waals surface area contributed by atoms with Gasteiger partial charge < -0.3 is 14.0 Å². The highest BCUT2D eigenvalue weighted by molar-refractivity contribution is 9.10. The summed E-state index contributed by atoms with van der Waals surface area (Å²) in [5.41, 5.74) is -1.62. The van der Waals surface area contributed by atoms with Crippen molar-refractivity contribution in [2.75, 3.05) is 0 Å². The van der Waals surface area contributed by atoms with Gasteiger partial charge in [0, 0.05) is 5.46 Å². The molecule has 0 aliphatic carbocycles. The first-order valence-corrected chi connectivity index (χ1v) is 7.23. The van der Waals surface area contributed by atoms with Crippen molar-refractivity contribution in [3.63, 3.8) is 0 Å². The fourth-order valence-corrected chi connectivity index (χ4v) is 2.30. The van der Waals surface area contributed by atoms with Crippen LogP contribution in [0, 0.1) is 5.82 Å². The number of hydrogen-bond donors (Lipinski definition) is 0. The molecule has 0 unspecified atom stereocenters. The second-order valence-corrected chi connectivity index (χ2v) is 6.77. The van der Waals surface area contributed by atoms with Gasteiger partial charge in [0.2, 0.25) is 0 Å². The van der Waals surface area contributed by atoms with Crippen LogP contribution in [-0.4, -0.2) is 24.7 Å². The normalized spacial score (nSPS) is 20.3. The number of halogens is 5. The summed E-state index contributed by atoms with van der Waals surface area (Å²) < 4.78 is 66.4. The number of hydrogen-bond acceptors (Lipinski definition) is 3. The van der Waals surface area contributed by atoms with Gasteiger partial charge in [0.05, 0.1) is 15.7 Å². The first-order chi connectivity index (χ1) is 9.84. The Hall–Kier alpha value is -0.795. The quantitative estimate of drug-likeness (QED) is 0.573. The Balaban J connectivity index is 2.40. The first kappa shape index (κ1) is 17.6. The molecule has 2 rings (SSSR count). The van der Waals surface area contributed by atoms with E-state index in [-0.39, 0.29) is 9.94 Å². The highest BCUT2D eigenvalue weighted by atomic mass is 79.9. The maximum atomic E-state index is 14.4. The van der Waals surface area contributed by atoms with Crippen LogP contribution < -0.4 is 10.2 Å². The fourth-order valence-electron chi connectivity index (χ4n) is 1.91. The average molecular weight is 385 g/mol. The molecule has 0 bridgehead atoms. The van der Waals surface area contributed by atoms with Gasteiger partial charge in [-0.1, -0.05) is 6.07 Å². The van der Waals surface area contributed by atoms with E-state index in [1.165, 1.54) is 12.1 Å². The molecule has 1 aromatic carbocycles. The summed E-state index contributed by atoms with van der Waals surface area (Å²) in [4.78, 5) is 0. The summed E-state index contributed by atoms with van der Waals surface area (Å²) in [6.45, 7) is 7.04. The Morgan fingerprint density at radius 1 is 1.09 bits per heavy atom. The molecule has 1 aromatic rings. The lowest BCUT2D eigenvalue weighted by Gasteiger charge is -2.32. The van der Waals surface area contributed by atoms with Crippen LogP contribution in [0.1, 0.15) is 27.7 Å². The fraction of sp³-hybridized carbons (Fsp3) is 0.538. The third-order valence-electron chi connectivity index (χ3n) is 3.80. The van der Waals surface area contributed by atoms with Gasteiger partial charge >= 0.3 is 13.5 Å². The average Bonchev–Trinajstić information content (AvgIpc) is 2.52. The minimum Gasteiger partial charge on any atom is -0.401 e. The van der Waals surface area contributed by atoms with Crippen molar-refractivity contribution < 1.29 is 31.6 Å². The zero-order valence-corrected chi connectivity index (χ0v) is 13.9. The predicted octanol–water partition coefficient (Wildman–Crippen LogP) is 3.79. The molecule has 3 nitrogen and oxygen atoms in total. The lowest BCUT2D eigenvalue weighted by molar-refractivity contribution is -0.275. The summed E-state index contributed by atoms with van der Waals surface area (Å²) in [5.74, 6) is -2.12. The highest BCUT2D eigenvalue weighted by Crippen LogP contribution is 2.38. The molecule has 1 fully saturated rings. The molecular formula is C13H14BBrF4O3. The molecule has 22 heavy (non-hydrogen) atoms. The van der Waals surface area contributed by atoms with Crippen LogP contribution in [0.4, 0.5) is 17.6 Å². The van der Waals surface area contributed by atoms with Gasteiger partial charge in [0.1, 0.15) is 0 Å². The van der Waals surface area contributed by atoms with Crippen LogP contribution in [-0.2, 0) is 9.31 Å². The van der Waals surface area contributed by atoms with Crippen molar-refractivity contribution in [3.05, 3.63) is 22.4 Å². The second kappa shape index (κ2) is 5.38. The van der Waals surface area contributed by atoms with E-state index < -0.39 is 36.2 Å². The summed E-state index contributed by atoms with van der Waals surface area (Å²) in [6, 6.07) is 2.55. The van der Waals surface area contributed by atoms with Crippen molar-refractivity contribution >= 4 is 28.5 Å². The Morgan fingerprint density at radius 3 is 2.05 bits per heavy atom. The van der Waals surface area contributed by atoms with Crippen LogP contribution >= 0.6 is 15.9 Å². The number of alkyl halides is 3. The molecule has 122 valence electrons. The van der Waals surface area contributed by atoms with Crippen molar-refractivity contribution in [1.29, 1.82) is 0 Å². The van der Waals surface area contributed by atoms with Crippen molar-refractivity contribution in [3.8, 4) is 5.75 Å². The van der Waals surface area contributed by atoms with Crippen LogP contribution in [0.25, 0.3) is 0 Å². The van der Waals surface area contributed by atoms with E-state index >= 15 is 0 Å². The molecule has 1 heterocycles. The maximum Gasteiger partial charge on any atom is 0.573 e. The van der Waals surface area contributed by atoms with Gasteiger partial charge in [-0.05, 0) is 49.7 Å². The molecule has 1 aliphatic heterocycles. The lowest BCUT2D eigenvalue weighted by Crippen LogP contribution is -2.41. The van der Waals surface area contributed by atoms with Crippen LogP contribution in [0.15, 0.2) is 16.6 Å². The molecule has 0 N–H and O–H groups in total. The molecule has 0 atom stereocenters. The standard InChI is InChI=1S/C13H14BBrF4O3/c1-11(2)12(3,4)22-14(21-11)7-5-6-8(15)10(9(7)16)20-13(17,18)19/h5-6H,1-4H3. The second-order valence-electron chi connectivity index (χ2n) is 5.92. The molecule has 1 aliphatic rings. The SMILES string of the molecule is CC1(C)OB(c2ccc(Br)c(OC(F)(F)F)c2F)OC1(C)C. The summed E-state index contributed by atoms with van der Waals surface area (Å²) in [6.07, 6.45) is -5.00. The first-order valence-electron chi connectivity index (χ1n) is 6.43. The third kappa shape index (κ3) is 3.26. The van der Waals surface area contributed by atoms with Gasteiger partial charge in [0.15, 0.2) is 11.6 Å². The summed E-state index contributed by atoms with van der Waals surface area (Å²) in [7, 11) is -1.12. The molecular weight excluding hydrogens is 371 g/mol. The summed E-state index contributed by atoms with van der Waals surface area (Å²) in [5, 5.41) is 0. The number of ether oxygens (including phenoxy) is 1. The van der Waals surface area contributed by atoms with E-state index in [4.69, 9.17) is 9.31 Å². The molecule has 0 amide bonds. The Labute approximate surface area is 134 Å². The van der Waals surface area contributed by atoms with E-state index in [0.717, 1.165) is 0 Å². The lowest BCUT2D eigenvalue weighted by atomic mass is 9.78. The van der Waals surface area contributed by atoms with E-state index in [0.29, 0.717) is 0 Å². The zero-order valence-electron chi connectivity index (χ0n) is 12.3. The largest absolute Gasteiger partial charge is 0.573 e. The van der Waals surface area contributed by atoms with Crippen molar-refractivity contribution in [1.82, 2.24) is 0 Å². The molecule has 1 saturated heterocycles. The van der Waals surface area contributed by atoms with Gasteiger partial charge in [-0.2, -0.15) is 0 Å². The van der Waals surface area contributed by atoms with Gasteiger partial charge in [-0.25, -0.2) is 4.39 Å². The minimum atomic E-state index is -5.00. The van der Waals surface area contributed by atoms with Gasteiger partial charge in [0.25, 0.3) is 0 Å². The van der Waals surface area contributed by atoms with Crippen molar-refractivity contribution in [2.24, 2.45) is 0 Å². The molecule has 9 heteroatoms. The predicted molar refractivity (Wildman–Crippen MR) is 76.5 cm³/mol. The monoisotopic (exact) mass is 384 g/mol. The molecule has 0 aromatic heterocycles.